The first-order valence-electron chi connectivity index (χ1n) is 7.97. The first-order chi connectivity index (χ1) is 12.3. The Balaban J connectivity index is 2.06. The van der Waals surface area contributed by atoms with E-state index in [0.717, 1.165) is 0 Å². The van der Waals surface area contributed by atoms with Crippen LogP contribution in [0.2, 0.25) is 0 Å². The zero-order chi connectivity index (χ0) is 17.2. The van der Waals surface area contributed by atoms with E-state index in [2.05, 4.69) is 0 Å². The maximum absolute atomic E-state index is 13.1. The van der Waals surface area contributed by atoms with Gasteiger partial charge in [-0.2, -0.15) is 0 Å². The molecule has 0 aliphatic rings. The van der Waals surface area contributed by atoms with Crippen LogP contribution in [-0.2, 0) is 0 Å². The summed E-state index contributed by atoms with van der Waals surface area (Å²) in [6.07, 6.45) is 0. The van der Waals surface area contributed by atoms with Gasteiger partial charge in [0.05, 0.1) is 5.39 Å². The van der Waals surface area contributed by atoms with Crippen molar-refractivity contribution >= 4 is 16.8 Å². The number of hydrogen-bond acceptors (Lipinski definition) is 3. The van der Waals surface area contributed by atoms with Gasteiger partial charge in [-0.15, -0.1) is 0 Å². The first-order valence-corrected chi connectivity index (χ1v) is 7.97. The minimum absolute atomic E-state index is 0.0658. The van der Waals surface area contributed by atoms with Crippen molar-refractivity contribution < 1.29 is 9.21 Å². The van der Waals surface area contributed by atoms with Crippen molar-refractivity contribution in [3.05, 3.63) is 106 Å². The molecule has 3 heteroatoms. The average molecular weight is 326 g/mol. The van der Waals surface area contributed by atoms with Gasteiger partial charge in [0.2, 0.25) is 11.2 Å². The zero-order valence-electron chi connectivity index (χ0n) is 13.3. The second kappa shape index (κ2) is 6.21. The molecule has 0 saturated heterocycles. The number of para-hydroxylation sites is 1. The molecule has 0 fully saturated rings. The maximum Gasteiger partial charge on any atom is 0.204 e. The second-order valence-electron chi connectivity index (χ2n) is 5.69. The third-order valence-electron chi connectivity index (χ3n) is 4.10. The molecule has 0 atom stereocenters. The van der Waals surface area contributed by atoms with Crippen LogP contribution >= 0.6 is 0 Å². The largest absolute Gasteiger partial charge is 0.455 e. The normalized spacial score (nSPS) is 10.7. The minimum Gasteiger partial charge on any atom is -0.455 e. The van der Waals surface area contributed by atoms with E-state index in [4.69, 9.17) is 4.42 Å². The van der Waals surface area contributed by atoms with Crippen molar-refractivity contribution in [2.75, 3.05) is 0 Å². The molecule has 0 saturated carbocycles. The van der Waals surface area contributed by atoms with Crippen LogP contribution in [0.5, 0.6) is 0 Å². The summed E-state index contributed by atoms with van der Waals surface area (Å²) in [5, 5.41) is 0.404. The van der Waals surface area contributed by atoms with Gasteiger partial charge >= 0.3 is 0 Å². The van der Waals surface area contributed by atoms with Gasteiger partial charge in [0, 0.05) is 11.1 Å². The minimum atomic E-state index is -0.334. The van der Waals surface area contributed by atoms with E-state index >= 15 is 0 Å². The van der Waals surface area contributed by atoms with E-state index < -0.39 is 0 Å². The van der Waals surface area contributed by atoms with Gasteiger partial charge in [-0.1, -0.05) is 72.8 Å². The van der Waals surface area contributed by atoms with E-state index in [1.165, 1.54) is 0 Å². The number of rotatable bonds is 3. The molecule has 4 rings (SSSR count). The highest BCUT2D eigenvalue weighted by atomic mass is 16.3. The number of ketones is 1. The average Bonchev–Trinajstić information content (AvgIpc) is 2.69. The zero-order valence-corrected chi connectivity index (χ0v) is 13.3. The molecule has 4 aromatic rings. The summed E-state index contributed by atoms with van der Waals surface area (Å²) in [6.45, 7) is 0. The van der Waals surface area contributed by atoms with Crippen molar-refractivity contribution in [3.63, 3.8) is 0 Å². The molecule has 25 heavy (non-hydrogen) atoms. The summed E-state index contributed by atoms with van der Waals surface area (Å²) in [7, 11) is 0. The molecule has 0 bridgehead atoms. The number of hydrogen-bond donors (Lipinski definition) is 0. The van der Waals surface area contributed by atoms with Crippen molar-refractivity contribution in [1.29, 1.82) is 0 Å². The van der Waals surface area contributed by atoms with Crippen LogP contribution in [0, 0.1) is 0 Å². The monoisotopic (exact) mass is 326 g/mol. The van der Waals surface area contributed by atoms with E-state index in [1.54, 1.807) is 48.5 Å². The fraction of sp³-hybridized carbons (Fsp3) is 0. The van der Waals surface area contributed by atoms with Gasteiger partial charge in [-0.05, 0) is 12.1 Å². The topological polar surface area (TPSA) is 47.3 Å². The fourth-order valence-corrected chi connectivity index (χ4v) is 2.87. The van der Waals surface area contributed by atoms with Gasteiger partial charge in [0.15, 0.2) is 0 Å². The molecule has 3 aromatic carbocycles. The molecule has 0 N–H and O–H groups in total. The van der Waals surface area contributed by atoms with Crippen molar-refractivity contribution in [1.82, 2.24) is 0 Å². The Hall–Kier alpha value is -3.46. The number of carbonyl (C=O) groups is 1. The van der Waals surface area contributed by atoms with E-state index in [0.29, 0.717) is 27.9 Å². The van der Waals surface area contributed by atoms with Crippen molar-refractivity contribution in [2.45, 2.75) is 0 Å². The molecular weight excluding hydrogens is 312 g/mol. The Labute approximate surface area is 144 Å². The van der Waals surface area contributed by atoms with Crippen LogP contribution in [0.15, 0.2) is 94.1 Å². The summed E-state index contributed by atoms with van der Waals surface area (Å²) in [5.74, 6) is -0.0305. The predicted molar refractivity (Wildman–Crippen MR) is 97.8 cm³/mol. The lowest BCUT2D eigenvalue weighted by molar-refractivity contribution is 0.103. The smallest absolute Gasteiger partial charge is 0.204 e. The number of benzene rings is 3. The molecule has 0 amide bonds. The van der Waals surface area contributed by atoms with E-state index in [1.807, 2.05) is 36.4 Å². The van der Waals surface area contributed by atoms with Crippen molar-refractivity contribution in [3.8, 4) is 11.3 Å². The number of carbonyl (C=O) groups excluding carboxylic acids is 1. The molecule has 1 aromatic heterocycles. The van der Waals surface area contributed by atoms with Gasteiger partial charge in [0.25, 0.3) is 0 Å². The van der Waals surface area contributed by atoms with Gasteiger partial charge in [0.1, 0.15) is 16.9 Å². The van der Waals surface area contributed by atoms with Gasteiger partial charge in [-0.3, -0.25) is 9.59 Å². The molecular formula is C22H14O3. The molecule has 0 spiro atoms. The Bertz CT molecular complexity index is 1110. The molecule has 3 nitrogen and oxygen atoms in total. The van der Waals surface area contributed by atoms with Crippen LogP contribution < -0.4 is 5.43 Å². The van der Waals surface area contributed by atoms with Crippen LogP contribution in [-0.4, -0.2) is 5.78 Å². The maximum atomic E-state index is 13.1. The third kappa shape index (κ3) is 2.66. The summed E-state index contributed by atoms with van der Waals surface area (Å²) in [6, 6.07) is 25.0. The summed E-state index contributed by atoms with van der Waals surface area (Å²) >= 11 is 0. The van der Waals surface area contributed by atoms with Crippen LogP contribution in [0.25, 0.3) is 22.3 Å². The molecule has 0 aliphatic carbocycles. The summed E-state index contributed by atoms with van der Waals surface area (Å²) < 4.78 is 5.98. The Kier molecular flexibility index (Phi) is 3.75. The molecule has 120 valence electrons. The highest BCUT2D eigenvalue weighted by Crippen LogP contribution is 2.27. The number of fused-ring (bicyclic) bond motifs is 1. The third-order valence-corrected chi connectivity index (χ3v) is 4.10. The van der Waals surface area contributed by atoms with Crippen molar-refractivity contribution in [2.24, 2.45) is 0 Å². The van der Waals surface area contributed by atoms with E-state index in [9.17, 15) is 9.59 Å². The quantitative estimate of drug-likeness (QED) is 0.513. The fourth-order valence-electron chi connectivity index (χ4n) is 2.87. The molecule has 1 heterocycles. The van der Waals surface area contributed by atoms with E-state index in [-0.39, 0.29) is 16.8 Å². The summed E-state index contributed by atoms with van der Waals surface area (Å²) in [4.78, 5) is 26.1. The van der Waals surface area contributed by atoms with Gasteiger partial charge < -0.3 is 4.42 Å². The molecule has 0 radical (unpaired) electrons. The van der Waals surface area contributed by atoms with Crippen LogP contribution in [0.1, 0.15) is 15.9 Å². The Morgan fingerprint density at radius 3 is 2.04 bits per heavy atom. The van der Waals surface area contributed by atoms with Crippen LogP contribution in [0.3, 0.4) is 0 Å². The predicted octanol–water partition coefficient (Wildman–Crippen LogP) is 4.69. The second-order valence-corrected chi connectivity index (χ2v) is 5.69. The lowest BCUT2D eigenvalue weighted by atomic mass is 9.97. The lowest BCUT2D eigenvalue weighted by Gasteiger charge is -2.09. The highest BCUT2D eigenvalue weighted by molar-refractivity contribution is 6.13. The summed E-state index contributed by atoms with van der Waals surface area (Å²) in [5.41, 5.74) is 1.38. The Morgan fingerprint density at radius 1 is 0.720 bits per heavy atom. The highest BCUT2D eigenvalue weighted by Gasteiger charge is 2.23. The Morgan fingerprint density at radius 2 is 1.32 bits per heavy atom. The van der Waals surface area contributed by atoms with Gasteiger partial charge in [-0.25, -0.2) is 0 Å². The lowest BCUT2D eigenvalue weighted by Crippen LogP contribution is -2.17. The first kappa shape index (κ1) is 15.1. The standard InChI is InChI=1S/C22H14O3/c23-20(15-9-3-1-4-10-15)19-21(24)17-13-7-8-14-18(17)25-22(19)16-11-5-2-6-12-16/h1-14H. The van der Waals surface area contributed by atoms with Crippen LogP contribution in [0.4, 0.5) is 0 Å². The molecule has 0 aliphatic heterocycles. The molecule has 0 unspecified atom stereocenters. The SMILES string of the molecule is O=C(c1ccccc1)c1c(-c2ccccc2)oc2ccccc2c1=O.